The average Bonchev–Trinajstić information content (AvgIpc) is 3.00. The third kappa shape index (κ3) is 4.15. The topological polar surface area (TPSA) is 80.3 Å². The number of hydrogen-bond acceptors (Lipinski definition) is 4. The average molecular weight is 339 g/mol. The molecule has 0 bridgehead atoms. The van der Waals surface area contributed by atoms with E-state index in [1.165, 1.54) is 6.92 Å². The number of nitrogens with zero attached hydrogens (tertiary/aromatic N) is 1. The molecule has 0 fully saturated rings. The normalized spacial score (nSPS) is 15.2. The summed E-state index contributed by atoms with van der Waals surface area (Å²) in [5, 5.41) is 5.27. The molecule has 1 aromatic carbocycles. The fourth-order valence-electron chi connectivity index (χ4n) is 2.91. The molecule has 0 aliphatic carbocycles. The Hall–Kier alpha value is -2.89. The number of hydrogen-bond donors (Lipinski definition) is 2. The molecule has 2 N–H and O–H groups in total. The number of pyridine rings is 1. The Kier molecular flexibility index (Phi) is 4.97. The van der Waals surface area contributed by atoms with Crippen LogP contribution in [0.5, 0.6) is 5.75 Å². The second kappa shape index (κ2) is 7.34. The molecule has 25 heavy (non-hydrogen) atoms. The number of ether oxygens (including phenoxy) is 1. The molecule has 2 amide bonds. The van der Waals surface area contributed by atoms with E-state index in [1.54, 1.807) is 6.20 Å². The molecule has 2 aromatic rings. The third-order valence-corrected chi connectivity index (χ3v) is 4.01. The van der Waals surface area contributed by atoms with Gasteiger partial charge in [0, 0.05) is 25.1 Å². The number of amides is 2. The highest BCUT2D eigenvalue weighted by Gasteiger charge is 2.27. The number of rotatable bonds is 5. The summed E-state index contributed by atoms with van der Waals surface area (Å²) < 4.78 is 6.08. The van der Waals surface area contributed by atoms with Gasteiger partial charge in [-0.25, -0.2) is 0 Å². The number of fused-ring (bicyclic) bond motifs is 1. The van der Waals surface area contributed by atoms with Crippen molar-refractivity contribution in [3.05, 3.63) is 47.7 Å². The monoisotopic (exact) mass is 339 g/mol. The molecule has 3 rings (SSSR count). The van der Waals surface area contributed by atoms with Gasteiger partial charge in [-0.05, 0) is 36.2 Å². The molecule has 0 saturated heterocycles. The molecular formula is C19H21N3O3. The van der Waals surface area contributed by atoms with E-state index >= 15 is 0 Å². The van der Waals surface area contributed by atoms with Gasteiger partial charge in [0.15, 0.2) is 0 Å². The number of carbonyl (C=O) groups excluding carboxylic acids is 2. The number of aromatic nitrogens is 1. The second-order valence-corrected chi connectivity index (χ2v) is 6.17. The van der Waals surface area contributed by atoms with Crippen LogP contribution in [-0.4, -0.2) is 36.0 Å². The van der Waals surface area contributed by atoms with E-state index in [2.05, 4.69) is 34.7 Å². The largest absolute Gasteiger partial charge is 0.487 e. The van der Waals surface area contributed by atoms with Crippen molar-refractivity contribution >= 4 is 11.8 Å². The minimum absolute atomic E-state index is 0.0205. The molecular weight excluding hydrogens is 318 g/mol. The minimum atomic E-state index is -0.227. The molecule has 1 aliphatic rings. The highest BCUT2D eigenvalue weighted by atomic mass is 16.5. The van der Waals surface area contributed by atoms with Crippen LogP contribution in [0.3, 0.4) is 0 Å². The summed E-state index contributed by atoms with van der Waals surface area (Å²) in [5.74, 6) is 0.386. The lowest BCUT2D eigenvalue weighted by Gasteiger charge is -2.13. The van der Waals surface area contributed by atoms with Crippen molar-refractivity contribution in [2.45, 2.75) is 26.4 Å². The van der Waals surface area contributed by atoms with Crippen molar-refractivity contribution in [3.63, 3.8) is 0 Å². The summed E-state index contributed by atoms with van der Waals surface area (Å²) >= 11 is 0. The van der Waals surface area contributed by atoms with Gasteiger partial charge in [-0.15, -0.1) is 0 Å². The van der Waals surface area contributed by atoms with Crippen molar-refractivity contribution < 1.29 is 14.3 Å². The summed E-state index contributed by atoms with van der Waals surface area (Å²) in [6.07, 6.45) is 2.37. The zero-order valence-electron chi connectivity index (χ0n) is 14.3. The van der Waals surface area contributed by atoms with Crippen molar-refractivity contribution in [1.29, 1.82) is 0 Å². The van der Waals surface area contributed by atoms with Gasteiger partial charge in [-0.3, -0.25) is 14.6 Å². The first-order chi connectivity index (χ1) is 12.0. The Morgan fingerprint density at radius 3 is 2.84 bits per heavy atom. The number of nitrogens with one attached hydrogen (secondary N) is 2. The van der Waals surface area contributed by atoms with Gasteiger partial charge in [0.1, 0.15) is 11.9 Å². The highest BCUT2D eigenvalue weighted by molar-refractivity contribution is 5.83. The van der Waals surface area contributed by atoms with Crippen LogP contribution >= 0.6 is 0 Å². The number of carbonyl (C=O) groups is 2. The maximum Gasteiger partial charge on any atom is 0.239 e. The van der Waals surface area contributed by atoms with Crippen molar-refractivity contribution in [2.75, 3.05) is 13.1 Å². The molecule has 0 saturated carbocycles. The van der Waals surface area contributed by atoms with Crippen LogP contribution in [0.15, 0.2) is 36.5 Å². The quantitative estimate of drug-likeness (QED) is 0.867. The van der Waals surface area contributed by atoms with Crippen LogP contribution in [-0.2, 0) is 16.0 Å². The van der Waals surface area contributed by atoms with E-state index in [4.69, 9.17) is 4.74 Å². The van der Waals surface area contributed by atoms with Gasteiger partial charge in [0.05, 0.1) is 18.8 Å². The van der Waals surface area contributed by atoms with Crippen LogP contribution < -0.4 is 15.4 Å². The van der Waals surface area contributed by atoms with Crippen LogP contribution in [0.4, 0.5) is 0 Å². The van der Waals surface area contributed by atoms with Gasteiger partial charge in [-0.2, -0.15) is 0 Å². The predicted octanol–water partition coefficient (Wildman–Crippen LogP) is 1.61. The van der Waals surface area contributed by atoms with Gasteiger partial charge < -0.3 is 15.4 Å². The summed E-state index contributed by atoms with van der Waals surface area (Å²) in [4.78, 5) is 27.0. The lowest BCUT2D eigenvalue weighted by Crippen LogP contribution is -2.40. The maximum atomic E-state index is 11.7. The summed E-state index contributed by atoms with van der Waals surface area (Å²) in [7, 11) is 0. The smallest absolute Gasteiger partial charge is 0.239 e. The third-order valence-electron chi connectivity index (χ3n) is 4.01. The van der Waals surface area contributed by atoms with E-state index in [-0.39, 0.29) is 24.5 Å². The summed E-state index contributed by atoms with van der Waals surface area (Å²) in [6.45, 7) is 3.81. The van der Waals surface area contributed by atoms with E-state index in [0.29, 0.717) is 6.54 Å². The van der Waals surface area contributed by atoms with Crippen LogP contribution in [0.1, 0.15) is 18.1 Å². The molecule has 1 atom stereocenters. The minimum Gasteiger partial charge on any atom is -0.487 e. The lowest BCUT2D eigenvalue weighted by molar-refractivity contribution is -0.125. The second-order valence-electron chi connectivity index (χ2n) is 6.17. The Bertz CT molecular complexity index is 790. The Morgan fingerprint density at radius 1 is 1.28 bits per heavy atom. The fraction of sp³-hybridized carbons (Fsp3) is 0.316. The van der Waals surface area contributed by atoms with Crippen LogP contribution in [0.25, 0.3) is 11.3 Å². The highest BCUT2D eigenvalue weighted by Crippen LogP contribution is 2.38. The first-order valence-corrected chi connectivity index (χ1v) is 8.25. The molecule has 1 aliphatic heterocycles. The van der Waals surface area contributed by atoms with E-state index < -0.39 is 0 Å². The fourth-order valence-corrected chi connectivity index (χ4v) is 2.91. The number of aryl methyl sites for hydroxylation is 1. The van der Waals surface area contributed by atoms with Crippen molar-refractivity contribution in [2.24, 2.45) is 0 Å². The SMILES string of the molecule is CC(=O)NCC(=O)NCC1Cc2cc(C)cc(-c3ccccn3)c2O1. The molecule has 1 aromatic heterocycles. The Balaban J connectivity index is 1.68. The van der Waals surface area contributed by atoms with Gasteiger partial charge in [-0.1, -0.05) is 12.1 Å². The Labute approximate surface area is 146 Å². The standard InChI is InChI=1S/C19H21N3O3/c1-12-7-14-9-15(10-22-18(24)11-21-13(2)23)25-19(14)16(8-12)17-5-3-4-6-20-17/h3-8,15H,9-11H2,1-2H3,(H,21,23)(H,22,24). The molecule has 130 valence electrons. The summed E-state index contributed by atoms with van der Waals surface area (Å²) in [6, 6.07) is 9.97. The zero-order chi connectivity index (χ0) is 17.8. The molecule has 1 unspecified atom stereocenters. The van der Waals surface area contributed by atoms with Crippen LogP contribution in [0, 0.1) is 6.92 Å². The zero-order valence-corrected chi connectivity index (χ0v) is 14.3. The lowest BCUT2D eigenvalue weighted by atomic mass is 10.0. The first-order valence-electron chi connectivity index (χ1n) is 8.25. The Morgan fingerprint density at radius 2 is 2.12 bits per heavy atom. The van der Waals surface area contributed by atoms with E-state index in [0.717, 1.165) is 34.6 Å². The van der Waals surface area contributed by atoms with Gasteiger partial charge in [0.25, 0.3) is 0 Å². The molecule has 0 spiro atoms. The van der Waals surface area contributed by atoms with Gasteiger partial charge in [0.2, 0.25) is 11.8 Å². The number of benzene rings is 1. The van der Waals surface area contributed by atoms with Crippen molar-refractivity contribution in [1.82, 2.24) is 15.6 Å². The predicted molar refractivity (Wildman–Crippen MR) is 94.2 cm³/mol. The first kappa shape index (κ1) is 17.0. The van der Waals surface area contributed by atoms with Gasteiger partial charge >= 0.3 is 0 Å². The molecule has 6 heteroatoms. The molecule has 6 nitrogen and oxygen atoms in total. The summed E-state index contributed by atoms with van der Waals surface area (Å²) in [5.41, 5.74) is 4.13. The van der Waals surface area contributed by atoms with E-state index in [9.17, 15) is 9.59 Å². The maximum absolute atomic E-state index is 11.7. The van der Waals surface area contributed by atoms with Crippen molar-refractivity contribution in [3.8, 4) is 17.0 Å². The van der Waals surface area contributed by atoms with E-state index in [1.807, 2.05) is 18.2 Å². The molecule has 2 heterocycles. The molecule has 0 radical (unpaired) electrons. The van der Waals surface area contributed by atoms with Crippen LogP contribution in [0.2, 0.25) is 0 Å².